The molecule has 0 radical (unpaired) electrons. The van der Waals surface area contributed by atoms with Gasteiger partial charge >= 0.3 is 0 Å². The van der Waals surface area contributed by atoms with Gasteiger partial charge in [-0.1, -0.05) is 30.3 Å². The number of benzene rings is 2. The van der Waals surface area contributed by atoms with Crippen LogP contribution >= 0.6 is 11.8 Å². The molecule has 2 aromatic carbocycles. The summed E-state index contributed by atoms with van der Waals surface area (Å²) in [5, 5.41) is 1.87. The molecule has 0 spiro atoms. The molecule has 3 aromatic rings. The van der Waals surface area contributed by atoms with Gasteiger partial charge in [0, 0.05) is 30.8 Å². The highest BCUT2D eigenvalue weighted by Gasteiger charge is 2.34. The Morgan fingerprint density at radius 1 is 0.903 bits per heavy atom. The number of nitrogens with zero attached hydrogens (tertiary/aromatic N) is 4. The van der Waals surface area contributed by atoms with Crippen LogP contribution in [0.25, 0.3) is 10.9 Å². The van der Waals surface area contributed by atoms with Crippen LogP contribution in [0.1, 0.15) is 26.5 Å². The normalized spacial score (nSPS) is 16.8. The van der Waals surface area contributed by atoms with E-state index in [1.807, 2.05) is 24.3 Å². The van der Waals surface area contributed by atoms with E-state index in [9.17, 15) is 9.59 Å². The summed E-state index contributed by atoms with van der Waals surface area (Å²) in [5.74, 6) is 0.913. The lowest BCUT2D eigenvalue weighted by molar-refractivity contribution is 0.0330. The fourth-order valence-electron chi connectivity index (χ4n) is 3.91. The van der Waals surface area contributed by atoms with E-state index in [2.05, 4.69) is 4.90 Å². The van der Waals surface area contributed by atoms with E-state index in [1.165, 1.54) is 4.90 Å². The molecule has 0 unspecified atom stereocenters. The van der Waals surface area contributed by atoms with Crippen molar-refractivity contribution in [3.8, 4) is 0 Å². The molecule has 0 N–H and O–H groups in total. The van der Waals surface area contributed by atoms with Gasteiger partial charge in [-0.15, -0.1) is 11.8 Å². The second kappa shape index (κ2) is 8.74. The molecule has 2 aliphatic heterocycles. The summed E-state index contributed by atoms with van der Waals surface area (Å²) < 4.78 is 5.43. The average molecular weight is 435 g/mol. The highest BCUT2D eigenvalue weighted by Crippen LogP contribution is 2.27. The number of morpholine rings is 1. The molecular formula is C23H22N4O3S. The molecule has 0 bridgehead atoms. The monoisotopic (exact) mass is 434 g/mol. The van der Waals surface area contributed by atoms with Crippen molar-refractivity contribution in [2.75, 3.05) is 38.6 Å². The molecule has 0 atom stereocenters. The van der Waals surface area contributed by atoms with Gasteiger partial charge < -0.3 is 4.74 Å². The van der Waals surface area contributed by atoms with E-state index >= 15 is 0 Å². The summed E-state index contributed by atoms with van der Waals surface area (Å²) >= 11 is 1.56. The third-order valence-electron chi connectivity index (χ3n) is 5.52. The lowest BCUT2D eigenvalue weighted by Crippen LogP contribution is -2.36. The van der Waals surface area contributed by atoms with Crippen molar-refractivity contribution in [2.45, 2.75) is 11.6 Å². The van der Waals surface area contributed by atoms with Crippen LogP contribution in [-0.4, -0.2) is 70.2 Å². The van der Waals surface area contributed by atoms with Crippen LogP contribution in [-0.2, 0) is 11.3 Å². The topological polar surface area (TPSA) is 75.6 Å². The highest BCUT2D eigenvalue weighted by molar-refractivity contribution is 7.99. The maximum Gasteiger partial charge on any atom is 0.261 e. The van der Waals surface area contributed by atoms with Crippen LogP contribution in [0.5, 0.6) is 0 Å². The minimum Gasteiger partial charge on any atom is -0.379 e. The summed E-state index contributed by atoms with van der Waals surface area (Å²) in [6.45, 7) is 4.23. The Kier molecular flexibility index (Phi) is 5.67. The molecule has 8 heteroatoms. The zero-order valence-electron chi connectivity index (χ0n) is 17.0. The molecule has 0 saturated carbocycles. The zero-order chi connectivity index (χ0) is 21.2. The van der Waals surface area contributed by atoms with Crippen molar-refractivity contribution in [1.29, 1.82) is 0 Å². The number of imide groups is 1. The molecule has 1 aromatic heterocycles. The molecule has 0 aliphatic carbocycles. The fourth-order valence-corrected chi connectivity index (χ4v) is 4.87. The van der Waals surface area contributed by atoms with Crippen LogP contribution < -0.4 is 0 Å². The predicted molar refractivity (Wildman–Crippen MR) is 118 cm³/mol. The Hall–Kier alpha value is -2.81. The van der Waals surface area contributed by atoms with E-state index in [0.717, 1.165) is 48.1 Å². The highest BCUT2D eigenvalue weighted by atomic mass is 32.2. The van der Waals surface area contributed by atoms with E-state index in [-0.39, 0.29) is 11.8 Å². The van der Waals surface area contributed by atoms with E-state index < -0.39 is 0 Å². The number of ether oxygens (including phenoxy) is 1. The van der Waals surface area contributed by atoms with E-state index in [0.29, 0.717) is 30.0 Å². The van der Waals surface area contributed by atoms with Gasteiger partial charge in [0.25, 0.3) is 11.8 Å². The Bertz CT molecular complexity index is 1110. The van der Waals surface area contributed by atoms with Gasteiger partial charge in [0.05, 0.1) is 36.4 Å². The Morgan fingerprint density at radius 3 is 2.32 bits per heavy atom. The summed E-state index contributed by atoms with van der Waals surface area (Å²) in [6.07, 6.45) is 0. The molecule has 2 amide bonds. The predicted octanol–water partition coefficient (Wildman–Crippen LogP) is 2.85. The van der Waals surface area contributed by atoms with Crippen LogP contribution in [0, 0.1) is 0 Å². The third-order valence-corrected chi connectivity index (χ3v) is 6.49. The largest absolute Gasteiger partial charge is 0.379 e. The Morgan fingerprint density at radius 2 is 1.58 bits per heavy atom. The number of para-hydroxylation sites is 1. The van der Waals surface area contributed by atoms with Gasteiger partial charge in [0.2, 0.25) is 0 Å². The smallest absolute Gasteiger partial charge is 0.261 e. The molecule has 2 aliphatic rings. The number of hydrogen-bond donors (Lipinski definition) is 0. The van der Waals surface area contributed by atoms with E-state index in [4.69, 9.17) is 14.7 Å². The summed E-state index contributed by atoms with van der Waals surface area (Å²) in [7, 11) is 0. The molecule has 31 heavy (non-hydrogen) atoms. The van der Waals surface area contributed by atoms with Gasteiger partial charge in [-0.3, -0.25) is 19.4 Å². The molecule has 158 valence electrons. The summed E-state index contributed by atoms with van der Waals surface area (Å²) in [6, 6.07) is 14.9. The van der Waals surface area contributed by atoms with Crippen molar-refractivity contribution in [3.63, 3.8) is 0 Å². The van der Waals surface area contributed by atoms with Gasteiger partial charge in [0.1, 0.15) is 10.9 Å². The number of carbonyl (C=O) groups excluding carboxylic acids is 2. The van der Waals surface area contributed by atoms with E-state index in [1.54, 1.807) is 36.0 Å². The lowest BCUT2D eigenvalue weighted by Gasteiger charge is -2.26. The van der Waals surface area contributed by atoms with Crippen molar-refractivity contribution < 1.29 is 14.3 Å². The standard InChI is InChI=1S/C23H22N4O3S/c28-22-16-5-1-2-6-17(16)23(29)27(22)11-14-31-21-18-7-3-4-8-19(18)24-20(25-21)15-26-9-12-30-13-10-26/h1-8H,9-15H2. The number of carbonyl (C=O) groups is 2. The lowest BCUT2D eigenvalue weighted by atomic mass is 10.1. The molecule has 5 rings (SSSR count). The zero-order valence-corrected chi connectivity index (χ0v) is 17.8. The van der Waals surface area contributed by atoms with Crippen molar-refractivity contribution in [3.05, 3.63) is 65.5 Å². The molecule has 7 nitrogen and oxygen atoms in total. The van der Waals surface area contributed by atoms with Crippen molar-refractivity contribution in [1.82, 2.24) is 19.8 Å². The number of amides is 2. The van der Waals surface area contributed by atoms with Gasteiger partial charge in [0.15, 0.2) is 0 Å². The average Bonchev–Trinajstić information content (AvgIpc) is 3.05. The van der Waals surface area contributed by atoms with Crippen LogP contribution in [0.3, 0.4) is 0 Å². The number of hydrogen-bond acceptors (Lipinski definition) is 7. The molecule has 1 fully saturated rings. The van der Waals surface area contributed by atoms with Crippen LogP contribution in [0.2, 0.25) is 0 Å². The number of aromatic nitrogens is 2. The number of fused-ring (bicyclic) bond motifs is 2. The second-order valence-corrected chi connectivity index (χ2v) is 8.59. The van der Waals surface area contributed by atoms with Crippen LogP contribution in [0.15, 0.2) is 53.6 Å². The minimum atomic E-state index is -0.221. The van der Waals surface area contributed by atoms with Gasteiger partial charge in [-0.05, 0) is 18.2 Å². The van der Waals surface area contributed by atoms with Gasteiger partial charge in [-0.2, -0.15) is 0 Å². The first-order chi connectivity index (χ1) is 15.2. The summed E-state index contributed by atoms with van der Waals surface area (Å²) in [4.78, 5) is 38.4. The Labute approximate surface area is 184 Å². The number of rotatable bonds is 6. The molecular weight excluding hydrogens is 412 g/mol. The quantitative estimate of drug-likeness (QED) is 0.335. The SMILES string of the molecule is O=C1c2ccccc2C(=O)N1CCSc1nc(CN2CCOCC2)nc2ccccc12. The first-order valence-corrected chi connectivity index (χ1v) is 11.3. The molecule has 1 saturated heterocycles. The first kappa shape index (κ1) is 20.1. The maximum atomic E-state index is 12.6. The van der Waals surface area contributed by atoms with Gasteiger partial charge in [-0.25, -0.2) is 9.97 Å². The summed E-state index contributed by atoms with van der Waals surface area (Å²) in [5.41, 5.74) is 1.87. The second-order valence-electron chi connectivity index (χ2n) is 7.51. The molecule has 3 heterocycles. The first-order valence-electron chi connectivity index (χ1n) is 10.3. The minimum absolute atomic E-state index is 0.221. The number of thioether (sulfide) groups is 1. The fraction of sp³-hybridized carbons (Fsp3) is 0.304. The third kappa shape index (κ3) is 4.06. The Balaban J connectivity index is 1.32. The maximum absolute atomic E-state index is 12.6. The van der Waals surface area contributed by atoms with Crippen molar-refractivity contribution >= 4 is 34.5 Å². The van der Waals surface area contributed by atoms with Crippen LogP contribution in [0.4, 0.5) is 0 Å². The van der Waals surface area contributed by atoms with Crippen molar-refractivity contribution in [2.24, 2.45) is 0 Å².